The highest BCUT2D eigenvalue weighted by atomic mass is 35.5. The van der Waals surface area contributed by atoms with Gasteiger partial charge in [-0.15, -0.1) is 0 Å². The molecule has 2 aliphatic heterocycles. The van der Waals surface area contributed by atoms with Crippen LogP contribution in [0.3, 0.4) is 0 Å². The zero-order valence-corrected chi connectivity index (χ0v) is 42.3. The first-order valence-corrected chi connectivity index (χ1v) is 25.0. The van der Waals surface area contributed by atoms with Crippen molar-refractivity contribution in [2.45, 2.75) is 27.8 Å². The van der Waals surface area contributed by atoms with Crippen molar-refractivity contribution in [3.63, 3.8) is 0 Å². The van der Waals surface area contributed by atoms with Gasteiger partial charge in [0.05, 0.1) is 44.8 Å². The second kappa shape index (κ2) is 25.1. The summed E-state index contributed by atoms with van der Waals surface area (Å²) in [6.45, 7) is 12.5. The highest BCUT2D eigenvalue weighted by Crippen LogP contribution is 2.36. The Morgan fingerprint density at radius 3 is 1.23 bits per heavy atom. The third kappa shape index (κ3) is 12.3. The first-order chi connectivity index (χ1) is 35.5. The van der Waals surface area contributed by atoms with Gasteiger partial charge in [0.1, 0.15) is 0 Å². The molecule has 17 heteroatoms. The fourth-order valence-electron chi connectivity index (χ4n) is 9.11. The van der Waals surface area contributed by atoms with Crippen molar-refractivity contribution >= 4 is 75.6 Å². The lowest BCUT2D eigenvalue weighted by Crippen LogP contribution is -2.49. The van der Waals surface area contributed by atoms with Gasteiger partial charge in [-0.2, -0.15) is 10.2 Å². The molecule has 6 aromatic carbocycles. The summed E-state index contributed by atoms with van der Waals surface area (Å²) < 4.78 is 3.25. The van der Waals surface area contributed by atoms with Gasteiger partial charge in [-0.25, -0.2) is 15.9 Å². The summed E-state index contributed by atoms with van der Waals surface area (Å²) in [5.41, 5.74) is 7.41. The van der Waals surface area contributed by atoms with Crippen LogP contribution in [-0.4, -0.2) is 105 Å². The number of carboxylic acid groups (broad SMARTS) is 1. The predicted molar refractivity (Wildman–Crippen MR) is 302 cm³/mol. The summed E-state index contributed by atoms with van der Waals surface area (Å²) in [5, 5.41) is 21.3. The Morgan fingerprint density at radius 2 is 0.853 bits per heavy atom. The fraction of sp³-hybridized carbons (Fsp3) is 0.207. The van der Waals surface area contributed by atoms with E-state index in [4.69, 9.17) is 58.1 Å². The second-order valence-corrected chi connectivity index (χ2v) is 18.9. The zero-order chi connectivity index (χ0) is 51.0. The van der Waals surface area contributed by atoms with E-state index in [1.165, 1.54) is 0 Å². The van der Waals surface area contributed by atoms with Crippen LogP contribution in [-0.2, 0) is 17.8 Å². The molecule has 2 fully saturated rings. The Kier molecular flexibility index (Phi) is 18.4. The lowest BCUT2D eigenvalue weighted by atomic mass is 10.0. The normalized spacial score (nSPS) is 13.2. The van der Waals surface area contributed by atoms with E-state index < -0.39 is 5.97 Å². The number of amides is 2. The summed E-state index contributed by atoms with van der Waals surface area (Å²) in [6.07, 6.45) is -0.368. The first-order valence-electron chi connectivity index (χ1n) is 23.5. The third-order valence-corrected chi connectivity index (χ3v) is 13.9. The van der Waals surface area contributed by atoms with Crippen molar-refractivity contribution in [2.75, 3.05) is 62.2 Å². The molecule has 8 aromatic rings. The molecule has 0 atom stereocenters. The van der Waals surface area contributed by atoms with Crippen LogP contribution >= 0.6 is 46.4 Å². The van der Waals surface area contributed by atoms with E-state index in [9.17, 15) is 19.5 Å². The third-order valence-electron chi connectivity index (χ3n) is 12.7. The molecule has 0 bridgehead atoms. The van der Waals surface area contributed by atoms with E-state index in [0.29, 0.717) is 98.8 Å². The average molecular weight is 1080 g/mol. The average Bonchev–Trinajstić information content (AvgIpc) is 3.98. The molecule has 2 aliphatic rings. The maximum Gasteiger partial charge on any atom is 0.307 e. The lowest BCUT2D eigenvalue weighted by Gasteiger charge is -2.36. The summed E-state index contributed by atoms with van der Waals surface area (Å²) >= 11 is 25.3. The number of aromatic nitrogens is 4. The van der Waals surface area contributed by atoms with Crippen molar-refractivity contribution in [2.24, 2.45) is 0 Å². The number of benzene rings is 6. The molecule has 0 saturated carbocycles. The largest absolute Gasteiger partial charge is 0.481 e. The molecule has 2 amide bonds. The van der Waals surface area contributed by atoms with Crippen molar-refractivity contribution in [1.29, 1.82) is 0 Å². The van der Waals surface area contributed by atoms with Gasteiger partial charge in [0, 0.05) is 90.5 Å². The molecule has 0 unspecified atom stereocenters. The van der Waals surface area contributed by atoms with Gasteiger partial charge in [0.2, 0.25) is 6.54 Å². The summed E-state index contributed by atoms with van der Waals surface area (Å²) in [6, 6.07) is 49.0. The van der Waals surface area contributed by atoms with E-state index in [1.54, 1.807) is 74.9 Å². The topological polar surface area (TPSA) is 124 Å². The number of piperazine rings is 2. The molecule has 0 radical (unpaired) electrons. The maximum atomic E-state index is 13.8. The Balaban J connectivity index is 0.000000213. The SMILES string of the molecule is C.C.O=C(O)Cc1c(C(=O)N2CCN(c3ccccc3)CC2)nn(-c2ccccc2Cl)c1-c1ccc(Cl)cc1.[C-]#[N+]Cc1c(C(=O)N2CCN(c3ccccc3)CC2)nn(-c2ccccc2Cl)c1-c1ccc(Cl)cc1. The highest BCUT2D eigenvalue weighted by molar-refractivity contribution is 6.33. The Labute approximate surface area is 457 Å². The minimum Gasteiger partial charge on any atom is -0.481 e. The van der Waals surface area contributed by atoms with Gasteiger partial charge in [-0.05, 0) is 72.8 Å². The van der Waals surface area contributed by atoms with Crippen LogP contribution in [0.2, 0.25) is 20.1 Å². The van der Waals surface area contributed by atoms with Crippen LogP contribution in [0.1, 0.15) is 47.0 Å². The molecule has 13 nitrogen and oxygen atoms in total. The monoisotopic (exact) mass is 1080 g/mol. The molecular weight excluding hydrogens is 1030 g/mol. The Morgan fingerprint density at radius 1 is 0.493 bits per heavy atom. The quantitative estimate of drug-likeness (QED) is 0.127. The molecule has 384 valence electrons. The number of carboxylic acids is 1. The number of rotatable bonds is 11. The van der Waals surface area contributed by atoms with Gasteiger partial charge >= 0.3 is 5.97 Å². The number of halogens is 4. The summed E-state index contributed by atoms with van der Waals surface area (Å²) in [4.78, 5) is 51.2. The summed E-state index contributed by atoms with van der Waals surface area (Å²) in [7, 11) is 0. The van der Waals surface area contributed by atoms with Crippen LogP contribution in [0.15, 0.2) is 158 Å². The molecule has 2 aromatic heterocycles. The molecule has 1 N–H and O–H groups in total. The molecule has 10 rings (SSSR count). The van der Waals surface area contributed by atoms with Gasteiger partial charge in [-0.1, -0.05) is 146 Å². The highest BCUT2D eigenvalue weighted by Gasteiger charge is 2.33. The van der Waals surface area contributed by atoms with Crippen LogP contribution in [0.5, 0.6) is 0 Å². The van der Waals surface area contributed by atoms with Gasteiger partial charge in [0.15, 0.2) is 11.4 Å². The van der Waals surface area contributed by atoms with E-state index in [2.05, 4.69) is 31.9 Å². The smallest absolute Gasteiger partial charge is 0.307 e. The molecular formula is C58H55Cl4N9O4. The molecule has 4 heterocycles. The van der Waals surface area contributed by atoms with Crippen LogP contribution < -0.4 is 9.80 Å². The minimum atomic E-state index is -1.06. The molecule has 75 heavy (non-hydrogen) atoms. The standard InChI is InChI=1S/C28H23Cl2N5O.C28H24Cl2N4O3.2CH4/c1-31-19-23-26(28(36)34-17-15-33(16-18-34)22-7-3-2-4-8-22)32-35(25-10-6-5-9-24(25)30)27(23)20-11-13-21(29)14-12-20;29-20-12-10-19(11-13-20)27-22(18-25(35)36)26(31-34(27)24-9-5-4-8-23(24)30)28(37)33-16-14-32(15-17-33)21-6-2-1-3-7-21;;/h2-14H,15-19H2;1-13H,14-18H2,(H,35,36);2*1H4. The summed E-state index contributed by atoms with van der Waals surface area (Å²) in [5.74, 6) is -1.54. The Hall–Kier alpha value is -7.60. The molecule has 2 saturated heterocycles. The maximum absolute atomic E-state index is 13.8. The van der Waals surface area contributed by atoms with Gasteiger partial charge < -0.3 is 29.6 Å². The van der Waals surface area contributed by atoms with Gasteiger partial charge in [-0.3, -0.25) is 14.4 Å². The number of anilines is 2. The predicted octanol–water partition coefficient (Wildman–Crippen LogP) is 12.9. The van der Waals surface area contributed by atoms with Crippen molar-refractivity contribution in [3.05, 3.63) is 212 Å². The first kappa shape index (κ1) is 55.2. The van der Waals surface area contributed by atoms with E-state index in [-0.39, 0.29) is 51.0 Å². The lowest BCUT2D eigenvalue weighted by molar-refractivity contribution is -0.136. The molecule has 0 spiro atoms. The number of para-hydroxylation sites is 4. The number of aliphatic carboxylic acids is 1. The minimum absolute atomic E-state index is 0. The van der Waals surface area contributed by atoms with Crippen molar-refractivity contribution in [3.8, 4) is 33.9 Å². The van der Waals surface area contributed by atoms with Crippen LogP contribution in [0, 0.1) is 6.57 Å². The van der Waals surface area contributed by atoms with E-state index >= 15 is 0 Å². The van der Waals surface area contributed by atoms with Crippen molar-refractivity contribution in [1.82, 2.24) is 29.4 Å². The molecule has 0 aliphatic carbocycles. The van der Waals surface area contributed by atoms with E-state index in [1.807, 2.05) is 89.8 Å². The van der Waals surface area contributed by atoms with Crippen LogP contribution in [0.4, 0.5) is 11.4 Å². The van der Waals surface area contributed by atoms with Crippen molar-refractivity contribution < 1.29 is 19.5 Å². The van der Waals surface area contributed by atoms with Crippen LogP contribution in [0.25, 0.3) is 38.7 Å². The Bertz CT molecular complexity index is 3290. The number of carbonyl (C=O) groups is 3. The number of nitrogens with zero attached hydrogens (tertiary/aromatic N) is 9. The number of carbonyl (C=O) groups excluding carboxylic acids is 2. The van der Waals surface area contributed by atoms with Gasteiger partial charge in [0.25, 0.3) is 11.8 Å². The number of hydrogen-bond donors (Lipinski definition) is 1. The van der Waals surface area contributed by atoms with E-state index in [0.717, 1.165) is 30.0 Å². The fourth-order valence-corrected chi connectivity index (χ4v) is 9.79. The second-order valence-electron chi connectivity index (χ2n) is 17.2. The zero-order valence-electron chi connectivity index (χ0n) is 39.3. The number of hydrogen-bond acceptors (Lipinski definition) is 7.